The largest absolute Gasteiger partial charge is 0.494 e. The summed E-state index contributed by atoms with van der Waals surface area (Å²) in [7, 11) is 4.06. The molecule has 0 radical (unpaired) electrons. The number of nitrogens with zero attached hydrogens (tertiary/aromatic N) is 4. The molecule has 3 heterocycles. The molecule has 3 aromatic rings. The summed E-state index contributed by atoms with van der Waals surface area (Å²) in [5, 5.41) is 5.30. The van der Waals surface area contributed by atoms with Gasteiger partial charge in [-0.1, -0.05) is 13.3 Å². The van der Waals surface area contributed by atoms with Gasteiger partial charge in [-0.05, 0) is 51.2 Å². The number of unbranched alkanes of at least 4 members (excludes halogenated alkanes) is 1. The Balaban J connectivity index is 1.73. The monoisotopic (exact) mass is 464 g/mol. The van der Waals surface area contributed by atoms with E-state index in [1.165, 1.54) is 6.20 Å². The molecule has 4 rings (SSSR count). The van der Waals surface area contributed by atoms with Gasteiger partial charge in [0, 0.05) is 30.8 Å². The van der Waals surface area contributed by atoms with Gasteiger partial charge < -0.3 is 19.1 Å². The molecule has 1 aromatic carbocycles. The second-order valence-corrected chi connectivity index (χ2v) is 8.28. The lowest BCUT2D eigenvalue weighted by atomic mass is 10.1. The Morgan fingerprint density at radius 1 is 1.03 bits per heavy atom. The number of fused-ring (bicyclic) bond motifs is 3. The van der Waals surface area contributed by atoms with Gasteiger partial charge in [0.05, 0.1) is 18.2 Å². The highest BCUT2D eigenvalue weighted by atomic mass is 16.6. The van der Waals surface area contributed by atoms with Crippen molar-refractivity contribution in [3.63, 3.8) is 0 Å². The maximum atomic E-state index is 12.2. The number of aromatic nitrogens is 3. The van der Waals surface area contributed by atoms with Gasteiger partial charge in [-0.2, -0.15) is 5.10 Å². The highest BCUT2D eigenvalue weighted by molar-refractivity contribution is 6.02. The quantitative estimate of drug-likeness (QED) is 0.350. The van der Waals surface area contributed by atoms with E-state index in [0.29, 0.717) is 29.9 Å². The van der Waals surface area contributed by atoms with E-state index >= 15 is 0 Å². The number of carbonyl (C=O) groups excluding carboxylic acids is 2. The van der Waals surface area contributed by atoms with Crippen LogP contribution in [0.2, 0.25) is 0 Å². The van der Waals surface area contributed by atoms with E-state index in [9.17, 15) is 9.59 Å². The second kappa shape index (κ2) is 10.5. The van der Waals surface area contributed by atoms with Gasteiger partial charge >= 0.3 is 11.9 Å². The van der Waals surface area contributed by atoms with E-state index in [1.807, 2.05) is 38.4 Å². The van der Waals surface area contributed by atoms with Crippen LogP contribution in [0.3, 0.4) is 0 Å². The first kappa shape index (κ1) is 23.4. The van der Waals surface area contributed by atoms with E-state index < -0.39 is 11.9 Å². The van der Waals surface area contributed by atoms with Crippen molar-refractivity contribution >= 4 is 23.0 Å². The Morgan fingerprint density at radius 3 is 2.47 bits per heavy atom. The summed E-state index contributed by atoms with van der Waals surface area (Å²) in [5.41, 5.74) is 1.94. The van der Waals surface area contributed by atoms with Gasteiger partial charge in [-0.25, -0.2) is 19.3 Å². The summed E-state index contributed by atoms with van der Waals surface area (Å²) < 4.78 is 18.5. The van der Waals surface area contributed by atoms with Crippen molar-refractivity contribution in [2.45, 2.75) is 32.7 Å². The highest BCUT2D eigenvalue weighted by Crippen LogP contribution is 2.41. The fourth-order valence-corrected chi connectivity index (χ4v) is 3.63. The predicted molar refractivity (Wildman–Crippen MR) is 127 cm³/mol. The number of hydrogen-bond donors (Lipinski definition) is 0. The zero-order chi connectivity index (χ0) is 24.1. The normalized spacial score (nSPS) is 14.4. The summed E-state index contributed by atoms with van der Waals surface area (Å²) in [5.74, 6) is -0.369. The van der Waals surface area contributed by atoms with Crippen LogP contribution < -0.4 is 14.2 Å². The minimum atomic E-state index is -0.672. The topological polar surface area (TPSA) is 95.8 Å². The smallest absolute Gasteiger partial charge is 0.336 e. The molecule has 0 spiro atoms. The zero-order valence-electron chi connectivity index (χ0n) is 19.6. The SMILES string of the molecule is CCCCn1nc(-c2ccc(OCCCN(C)C)cc2)c2c3c(cnc21)OC(=O)/C=C\C(=O)O3. The van der Waals surface area contributed by atoms with Gasteiger partial charge in [0.2, 0.25) is 0 Å². The molecule has 0 unspecified atom stereocenters. The summed E-state index contributed by atoms with van der Waals surface area (Å²) in [4.78, 5) is 30.8. The fraction of sp³-hybridized carbons (Fsp3) is 0.360. The molecule has 0 saturated carbocycles. The molecular weight excluding hydrogens is 436 g/mol. The maximum Gasteiger partial charge on any atom is 0.336 e. The number of aryl methyl sites for hydroxylation is 1. The van der Waals surface area contributed by atoms with Crippen LogP contribution in [0, 0.1) is 0 Å². The lowest BCUT2D eigenvalue weighted by Crippen LogP contribution is -2.15. The van der Waals surface area contributed by atoms with Crippen LogP contribution in [0.25, 0.3) is 22.3 Å². The molecule has 2 aromatic heterocycles. The van der Waals surface area contributed by atoms with Crippen LogP contribution >= 0.6 is 0 Å². The van der Waals surface area contributed by atoms with Gasteiger partial charge in [0.25, 0.3) is 0 Å². The molecule has 0 fully saturated rings. The van der Waals surface area contributed by atoms with Crippen molar-refractivity contribution in [3.05, 3.63) is 42.6 Å². The minimum Gasteiger partial charge on any atom is -0.494 e. The molecule has 178 valence electrons. The van der Waals surface area contributed by atoms with Gasteiger partial charge in [-0.3, -0.25) is 0 Å². The van der Waals surface area contributed by atoms with Crippen LogP contribution in [-0.2, 0) is 16.1 Å². The molecular formula is C25H28N4O5. The Kier molecular flexibility index (Phi) is 7.22. The predicted octanol–water partition coefficient (Wildman–Crippen LogP) is 3.61. The first-order chi connectivity index (χ1) is 16.5. The van der Waals surface area contributed by atoms with Crippen molar-refractivity contribution in [1.29, 1.82) is 0 Å². The number of carbonyl (C=O) groups is 2. The van der Waals surface area contributed by atoms with Crippen molar-refractivity contribution in [2.24, 2.45) is 0 Å². The number of esters is 2. The summed E-state index contributed by atoms with van der Waals surface area (Å²) in [6, 6.07) is 7.58. The summed E-state index contributed by atoms with van der Waals surface area (Å²) >= 11 is 0. The number of pyridine rings is 1. The van der Waals surface area contributed by atoms with E-state index in [4.69, 9.17) is 19.3 Å². The third kappa shape index (κ3) is 5.26. The van der Waals surface area contributed by atoms with E-state index in [0.717, 1.165) is 49.3 Å². The Morgan fingerprint density at radius 2 is 1.76 bits per heavy atom. The standard InChI is InChI=1S/C25H28N4O5/c1-4-5-14-29-25-22(24-19(16-26-25)33-20(30)11-12-21(31)34-24)23(27-29)17-7-9-18(10-8-17)32-15-6-13-28(2)3/h7-12,16H,4-6,13-15H2,1-3H3/b12-11-. The first-order valence-electron chi connectivity index (χ1n) is 11.4. The zero-order valence-corrected chi connectivity index (χ0v) is 19.6. The Labute approximate surface area is 197 Å². The number of rotatable bonds is 9. The van der Waals surface area contributed by atoms with Crippen molar-refractivity contribution in [1.82, 2.24) is 19.7 Å². The Hall–Kier alpha value is -3.72. The molecule has 1 aliphatic heterocycles. The number of benzene rings is 1. The van der Waals surface area contributed by atoms with Crippen LogP contribution in [0.15, 0.2) is 42.6 Å². The van der Waals surface area contributed by atoms with Crippen LogP contribution in [0.5, 0.6) is 17.2 Å². The number of hydrogen-bond acceptors (Lipinski definition) is 8. The van der Waals surface area contributed by atoms with Crippen molar-refractivity contribution in [3.8, 4) is 28.5 Å². The number of ether oxygens (including phenoxy) is 3. The lowest BCUT2D eigenvalue weighted by Gasteiger charge is -2.12. The average Bonchev–Trinajstić information content (AvgIpc) is 3.18. The molecule has 0 amide bonds. The molecule has 0 N–H and O–H groups in total. The molecule has 9 nitrogen and oxygen atoms in total. The van der Waals surface area contributed by atoms with E-state index in [2.05, 4.69) is 16.8 Å². The molecule has 0 aliphatic carbocycles. The van der Waals surface area contributed by atoms with Crippen LogP contribution in [-0.4, -0.2) is 58.8 Å². The highest BCUT2D eigenvalue weighted by Gasteiger charge is 2.25. The van der Waals surface area contributed by atoms with Crippen molar-refractivity contribution in [2.75, 3.05) is 27.2 Å². The molecule has 1 aliphatic rings. The summed E-state index contributed by atoms with van der Waals surface area (Å²) in [6.07, 6.45) is 6.28. The maximum absolute atomic E-state index is 12.2. The van der Waals surface area contributed by atoms with Gasteiger partial charge in [0.1, 0.15) is 11.4 Å². The van der Waals surface area contributed by atoms with Gasteiger partial charge in [0.15, 0.2) is 17.1 Å². The third-order valence-corrected chi connectivity index (χ3v) is 5.32. The molecule has 34 heavy (non-hydrogen) atoms. The molecule has 0 saturated heterocycles. The Bertz CT molecular complexity index is 1210. The van der Waals surface area contributed by atoms with Crippen molar-refractivity contribution < 1.29 is 23.8 Å². The van der Waals surface area contributed by atoms with Crippen LogP contribution in [0.1, 0.15) is 26.2 Å². The van der Waals surface area contributed by atoms with E-state index in [-0.39, 0.29) is 11.5 Å². The van der Waals surface area contributed by atoms with Crippen LogP contribution in [0.4, 0.5) is 0 Å². The second-order valence-electron chi connectivity index (χ2n) is 8.28. The fourth-order valence-electron chi connectivity index (χ4n) is 3.63. The third-order valence-electron chi connectivity index (χ3n) is 5.32. The molecule has 0 atom stereocenters. The minimum absolute atomic E-state index is 0.0762. The summed E-state index contributed by atoms with van der Waals surface area (Å²) in [6.45, 7) is 4.33. The van der Waals surface area contributed by atoms with E-state index in [1.54, 1.807) is 4.68 Å². The molecule has 0 bridgehead atoms. The lowest BCUT2D eigenvalue weighted by molar-refractivity contribution is -0.133. The van der Waals surface area contributed by atoms with Gasteiger partial charge in [-0.15, -0.1) is 0 Å². The first-order valence-corrected chi connectivity index (χ1v) is 11.4. The average molecular weight is 465 g/mol. The molecule has 9 heteroatoms.